The second-order valence-corrected chi connectivity index (χ2v) is 5.66. The fraction of sp³-hybridized carbons (Fsp3) is 0.353. The number of carbonyl (C=O) groups is 1. The third kappa shape index (κ3) is 3.08. The normalized spacial score (nSPS) is 15.9. The Morgan fingerprint density at radius 1 is 1.32 bits per heavy atom. The largest absolute Gasteiger partial charge is 0.362 e. The summed E-state index contributed by atoms with van der Waals surface area (Å²) in [6.45, 7) is 4.81. The maximum atomic E-state index is 11.9. The fourth-order valence-electron chi connectivity index (χ4n) is 2.72. The summed E-state index contributed by atoms with van der Waals surface area (Å²) in [5, 5.41) is 3.35. The molecular weight excluding hydrogens is 276 g/mol. The number of rotatable bonds is 4. The van der Waals surface area contributed by atoms with Crippen molar-refractivity contribution in [2.45, 2.75) is 32.7 Å². The van der Waals surface area contributed by atoms with Gasteiger partial charge in [0.25, 0.3) is 0 Å². The SMILES string of the molecule is Cc1cncc(NC(C)c2cccc(N3CCCC3=O)c2)n1. The highest BCUT2D eigenvalue weighted by atomic mass is 16.2. The molecule has 2 heterocycles. The van der Waals surface area contributed by atoms with E-state index in [1.54, 1.807) is 12.4 Å². The molecule has 1 aliphatic rings. The molecule has 1 aromatic heterocycles. The lowest BCUT2D eigenvalue weighted by atomic mass is 10.1. The molecule has 2 aromatic rings. The van der Waals surface area contributed by atoms with Crippen molar-refractivity contribution in [3.63, 3.8) is 0 Å². The minimum Gasteiger partial charge on any atom is -0.362 e. The van der Waals surface area contributed by atoms with Gasteiger partial charge in [0.05, 0.1) is 17.9 Å². The minimum atomic E-state index is 0.0914. The molecule has 0 saturated carbocycles. The van der Waals surface area contributed by atoms with E-state index in [4.69, 9.17) is 0 Å². The number of aryl methyl sites for hydroxylation is 1. The molecular formula is C17H20N4O. The predicted molar refractivity (Wildman–Crippen MR) is 86.8 cm³/mol. The van der Waals surface area contributed by atoms with Crippen LogP contribution in [-0.4, -0.2) is 22.4 Å². The molecule has 1 N–H and O–H groups in total. The van der Waals surface area contributed by atoms with Crippen LogP contribution in [-0.2, 0) is 4.79 Å². The first kappa shape index (κ1) is 14.5. The summed E-state index contributed by atoms with van der Waals surface area (Å²) in [4.78, 5) is 22.3. The van der Waals surface area contributed by atoms with Crippen LogP contribution in [0.2, 0.25) is 0 Å². The Kier molecular flexibility index (Phi) is 4.04. The second-order valence-electron chi connectivity index (χ2n) is 5.66. The number of amides is 1. The van der Waals surface area contributed by atoms with Crippen LogP contribution < -0.4 is 10.2 Å². The van der Waals surface area contributed by atoms with Gasteiger partial charge in [-0.2, -0.15) is 0 Å². The Labute approximate surface area is 130 Å². The van der Waals surface area contributed by atoms with Crippen LogP contribution in [0.25, 0.3) is 0 Å². The van der Waals surface area contributed by atoms with Gasteiger partial charge < -0.3 is 10.2 Å². The van der Waals surface area contributed by atoms with Gasteiger partial charge in [-0.15, -0.1) is 0 Å². The molecule has 5 heteroatoms. The molecule has 0 spiro atoms. The molecule has 0 bridgehead atoms. The zero-order chi connectivity index (χ0) is 15.5. The maximum absolute atomic E-state index is 11.9. The Balaban J connectivity index is 1.78. The molecule has 1 saturated heterocycles. The predicted octanol–water partition coefficient (Wildman–Crippen LogP) is 3.08. The first-order chi connectivity index (χ1) is 10.6. The van der Waals surface area contributed by atoms with Gasteiger partial charge in [-0.1, -0.05) is 12.1 Å². The molecule has 0 radical (unpaired) electrons. The van der Waals surface area contributed by atoms with Gasteiger partial charge in [0.15, 0.2) is 0 Å². The van der Waals surface area contributed by atoms with Crippen LogP contribution in [0.1, 0.15) is 37.1 Å². The summed E-state index contributed by atoms with van der Waals surface area (Å²) in [7, 11) is 0. The zero-order valence-electron chi connectivity index (χ0n) is 12.9. The highest BCUT2D eigenvalue weighted by molar-refractivity contribution is 5.95. The fourth-order valence-corrected chi connectivity index (χ4v) is 2.72. The van der Waals surface area contributed by atoms with Crippen LogP contribution in [0.5, 0.6) is 0 Å². The Bertz CT molecular complexity index is 686. The summed E-state index contributed by atoms with van der Waals surface area (Å²) in [6.07, 6.45) is 5.04. The molecule has 1 atom stereocenters. The van der Waals surface area contributed by atoms with E-state index in [-0.39, 0.29) is 11.9 Å². The van der Waals surface area contributed by atoms with Crippen molar-refractivity contribution in [2.24, 2.45) is 0 Å². The summed E-state index contributed by atoms with van der Waals surface area (Å²) in [5.41, 5.74) is 2.98. The summed E-state index contributed by atoms with van der Waals surface area (Å²) in [6, 6.07) is 8.21. The van der Waals surface area contributed by atoms with Gasteiger partial charge in [-0.25, -0.2) is 4.98 Å². The molecule has 1 aromatic carbocycles. The van der Waals surface area contributed by atoms with Crippen molar-refractivity contribution in [1.82, 2.24) is 9.97 Å². The van der Waals surface area contributed by atoms with E-state index >= 15 is 0 Å². The number of carbonyl (C=O) groups excluding carboxylic acids is 1. The van der Waals surface area contributed by atoms with Gasteiger partial charge in [0.2, 0.25) is 5.91 Å². The lowest BCUT2D eigenvalue weighted by molar-refractivity contribution is -0.117. The van der Waals surface area contributed by atoms with Crippen molar-refractivity contribution in [2.75, 3.05) is 16.8 Å². The summed E-state index contributed by atoms with van der Waals surface area (Å²) < 4.78 is 0. The molecule has 0 aliphatic carbocycles. The average molecular weight is 296 g/mol. The number of hydrogen-bond acceptors (Lipinski definition) is 4. The van der Waals surface area contributed by atoms with Crippen LogP contribution in [0.3, 0.4) is 0 Å². The Hall–Kier alpha value is -2.43. The van der Waals surface area contributed by atoms with Gasteiger partial charge in [-0.05, 0) is 38.0 Å². The smallest absolute Gasteiger partial charge is 0.227 e. The number of aromatic nitrogens is 2. The van der Waals surface area contributed by atoms with E-state index in [9.17, 15) is 4.79 Å². The molecule has 22 heavy (non-hydrogen) atoms. The van der Waals surface area contributed by atoms with Crippen LogP contribution >= 0.6 is 0 Å². The quantitative estimate of drug-likeness (QED) is 0.942. The van der Waals surface area contributed by atoms with E-state index in [1.807, 2.05) is 24.0 Å². The molecule has 5 nitrogen and oxygen atoms in total. The van der Waals surface area contributed by atoms with E-state index in [0.29, 0.717) is 6.42 Å². The molecule has 1 aliphatic heterocycles. The monoisotopic (exact) mass is 296 g/mol. The first-order valence-electron chi connectivity index (χ1n) is 7.59. The third-order valence-electron chi connectivity index (χ3n) is 3.87. The number of nitrogens with one attached hydrogen (secondary N) is 1. The van der Waals surface area contributed by atoms with Crippen molar-refractivity contribution in [3.8, 4) is 0 Å². The van der Waals surface area contributed by atoms with E-state index in [0.717, 1.165) is 35.7 Å². The van der Waals surface area contributed by atoms with E-state index < -0.39 is 0 Å². The Morgan fingerprint density at radius 3 is 2.91 bits per heavy atom. The van der Waals surface area contributed by atoms with Crippen molar-refractivity contribution in [1.29, 1.82) is 0 Å². The molecule has 114 valence electrons. The van der Waals surface area contributed by atoms with E-state index in [1.165, 1.54) is 0 Å². The summed E-state index contributed by atoms with van der Waals surface area (Å²) in [5.74, 6) is 0.970. The van der Waals surface area contributed by atoms with Gasteiger partial charge in [-0.3, -0.25) is 9.78 Å². The number of nitrogens with zero attached hydrogens (tertiary/aromatic N) is 3. The van der Waals surface area contributed by atoms with Gasteiger partial charge in [0, 0.05) is 24.8 Å². The molecule has 1 fully saturated rings. The van der Waals surface area contributed by atoms with Gasteiger partial charge in [0.1, 0.15) is 5.82 Å². The number of hydrogen-bond donors (Lipinski definition) is 1. The number of benzene rings is 1. The number of anilines is 2. The standard InChI is InChI=1S/C17H20N4O/c1-12-10-18-11-16(19-12)20-13(2)14-5-3-6-15(9-14)21-8-4-7-17(21)22/h3,5-6,9-11,13H,4,7-8H2,1-2H3,(H,19,20). The van der Waals surface area contributed by atoms with Crippen LogP contribution in [0.15, 0.2) is 36.7 Å². The highest BCUT2D eigenvalue weighted by Crippen LogP contribution is 2.26. The van der Waals surface area contributed by atoms with E-state index in [2.05, 4.69) is 34.3 Å². The third-order valence-corrected chi connectivity index (χ3v) is 3.87. The van der Waals surface area contributed by atoms with Crippen molar-refractivity contribution in [3.05, 3.63) is 47.9 Å². The zero-order valence-corrected chi connectivity index (χ0v) is 12.9. The van der Waals surface area contributed by atoms with Crippen molar-refractivity contribution >= 4 is 17.4 Å². The average Bonchev–Trinajstić information content (AvgIpc) is 2.93. The topological polar surface area (TPSA) is 58.1 Å². The lowest BCUT2D eigenvalue weighted by Gasteiger charge is -2.20. The molecule has 1 unspecified atom stereocenters. The van der Waals surface area contributed by atoms with Gasteiger partial charge >= 0.3 is 0 Å². The highest BCUT2D eigenvalue weighted by Gasteiger charge is 2.22. The Morgan fingerprint density at radius 2 is 2.18 bits per heavy atom. The van der Waals surface area contributed by atoms with Crippen LogP contribution in [0.4, 0.5) is 11.5 Å². The van der Waals surface area contributed by atoms with Crippen LogP contribution in [0, 0.1) is 6.92 Å². The second kappa shape index (κ2) is 6.13. The maximum Gasteiger partial charge on any atom is 0.227 e. The molecule has 3 rings (SSSR count). The minimum absolute atomic E-state index is 0.0914. The first-order valence-corrected chi connectivity index (χ1v) is 7.59. The lowest BCUT2D eigenvalue weighted by Crippen LogP contribution is -2.23. The summed E-state index contributed by atoms with van der Waals surface area (Å²) >= 11 is 0. The van der Waals surface area contributed by atoms with Crippen molar-refractivity contribution < 1.29 is 4.79 Å². The molecule has 1 amide bonds.